The number of aromatic nitrogens is 3. The summed E-state index contributed by atoms with van der Waals surface area (Å²) in [5.74, 6) is 1.13. The van der Waals surface area contributed by atoms with Gasteiger partial charge in [-0.3, -0.25) is 4.79 Å². The van der Waals surface area contributed by atoms with E-state index in [9.17, 15) is 9.18 Å². The summed E-state index contributed by atoms with van der Waals surface area (Å²) in [5.41, 5.74) is 2.25. The van der Waals surface area contributed by atoms with Crippen molar-refractivity contribution in [1.29, 1.82) is 0 Å². The molecule has 3 rings (SSSR count). The smallest absolute Gasteiger partial charge is 0.251 e. The Labute approximate surface area is 162 Å². The highest BCUT2D eigenvalue weighted by atomic mass is 32.2. The topological polar surface area (TPSA) is 59.8 Å². The van der Waals surface area contributed by atoms with E-state index in [0.29, 0.717) is 11.4 Å². The molecule has 0 spiro atoms. The fraction of sp³-hybridized carbons (Fsp3) is 0.250. The normalized spacial score (nSPS) is 12.0. The van der Waals surface area contributed by atoms with E-state index in [4.69, 9.17) is 0 Å². The molecule has 0 saturated heterocycles. The summed E-state index contributed by atoms with van der Waals surface area (Å²) in [4.78, 5) is 12.7. The number of rotatable bonds is 6. The molecule has 1 aromatic heterocycles. The minimum absolute atomic E-state index is 0.195. The van der Waals surface area contributed by atoms with Crippen molar-refractivity contribution in [3.05, 3.63) is 65.7 Å². The Hall–Kier alpha value is -2.67. The molecule has 0 radical (unpaired) electrons. The van der Waals surface area contributed by atoms with Crippen molar-refractivity contribution in [3.63, 3.8) is 0 Å². The molecule has 1 heterocycles. The lowest BCUT2D eigenvalue weighted by molar-refractivity contribution is 0.0937. The lowest BCUT2D eigenvalue weighted by Crippen LogP contribution is -2.28. The summed E-state index contributed by atoms with van der Waals surface area (Å²) in [6, 6.07) is 13.2. The van der Waals surface area contributed by atoms with E-state index in [2.05, 4.69) is 22.4 Å². The summed E-state index contributed by atoms with van der Waals surface area (Å²) < 4.78 is 15.0. The number of hydrogen-bond acceptors (Lipinski definition) is 4. The second kappa shape index (κ2) is 8.35. The molecular formula is C20H21FN4OS. The predicted octanol–water partition coefficient (Wildman–Crippen LogP) is 4.22. The maximum Gasteiger partial charge on any atom is 0.251 e. The van der Waals surface area contributed by atoms with Gasteiger partial charge in [-0.1, -0.05) is 43.0 Å². The molecule has 1 atom stereocenters. The first-order valence-corrected chi connectivity index (χ1v) is 9.67. The molecule has 140 valence electrons. The molecule has 7 heteroatoms. The van der Waals surface area contributed by atoms with Gasteiger partial charge in [0, 0.05) is 12.6 Å². The van der Waals surface area contributed by atoms with Crippen molar-refractivity contribution in [3.8, 4) is 11.1 Å². The standard InChI is InChI=1S/C20H21FN4OS/c1-4-27-20-24-23-18(25(20)3)13(2)22-19(26)16-7-5-6-15(12-16)14-8-10-17(21)11-9-14/h5-13H,4H2,1-3H3,(H,22,26)/t13-/m1/s1. The second-order valence-corrected chi connectivity index (χ2v) is 7.35. The minimum Gasteiger partial charge on any atom is -0.342 e. The number of carbonyl (C=O) groups is 1. The predicted molar refractivity (Wildman–Crippen MR) is 105 cm³/mol. The van der Waals surface area contributed by atoms with Crippen LogP contribution in [0.15, 0.2) is 53.7 Å². The summed E-state index contributed by atoms with van der Waals surface area (Å²) in [6.07, 6.45) is 0. The quantitative estimate of drug-likeness (QED) is 0.647. The van der Waals surface area contributed by atoms with Gasteiger partial charge in [-0.25, -0.2) is 4.39 Å². The first-order valence-electron chi connectivity index (χ1n) is 8.68. The van der Waals surface area contributed by atoms with Crippen molar-refractivity contribution in [2.75, 3.05) is 5.75 Å². The third-order valence-electron chi connectivity index (χ3n) is 4.18. The first-order chi connectivity index (χ1) is 13.0. The summed E-state index contributed by atoms with van der Waals surface area (Å²) in [7, 11) is 1.89. The third-order valence-corrected chi connectivity index (χ3v) is 5.08. The average Bonchev–Trinajstić information content (AvgIpc) is 3.03. The molecule has 5 nitrogen and oxygen atoms in total. The largest absolute Gasteiger partial charge is 0.342 e. The number of carbonyl (C=O) groups excluding carboxylic acids is 1. The monoisotopic (exact) mass is 384 g/mol. The number of halogens is 1. The van der Waals surface area contributed by atoms with E-state index < -0.39 is 0 Å². The van der Waals surface area contributed by atoms with Crippen molar-refractivity contribution in [1.82, 2.24) is 20.1 Å². The van der Waals surface area contributed by atoms with Gasteiger partial charge >= 0.3 is 0 Å². The van der Waals surface area contributed by atoms with Gasteiger partial charge in [-0.2, -0.15) is 0 Å². The van der Waals surface area contributed by atoms with Gasteiger partial charge in [0.15, 0.2) is 11.0 Å². The fourth-order valence-electron chi connectivity index (χ4n) is 2.78. The number of thioether (sulfide) groups is 1. The zero-order valence-corrected chi connectivity index (χ0v) is 16.3. The number of nitrogens with zero attached hydrogens (tertiary/aromatic N) is 3. The van der Waals surface area contributed by atoms with Crippen LogP contribution >= 0.6 is 11.8 Å². The third kappa shape index (κ3) is 4.36. The van der Waals surface area contributed by atoms with Gasteiger partial charge in [0.25, 0.3) is 5.91 Å². The summed E-state index contributed by atoms with van der Waals surface area (Å²) in [6.45, 7) is 3.93. The lowest BCUT2D eigenvalue weighted by atomic mass is 10.0. The summed E-state index contributed by atoms with van der Waals surface area (Å²) >= 11 is 1.61. The maximum atomic E-state index is 13.1. The van der Waals surface area contributed by atoms with Crippen molar-refractivity contribution in [2.45, 2.75) is 25.0 Å². The van der Waals surface area contributed by atoms with Crippen LogP contribution in [-0.2, 0) is 7.05 Å². The Morgan fingerprint density at radius 1 is 1.19 bits per heavy atom. The van der Waals surface area contributed by atoms with E-state index in [1.165, 1.54) is 12.1 Å². The highest BCUT2D eigenvalue weighted by molar-refractivity contribution is 7.99. The molecule has 0 aliphatic carbocycles. The van der Waals surface area contributed by atoms with Gasteiger partial charge in [0.2, 0.25) is 0 Å². The Balaban J connectivity index is 1.76. The molecule has 0 aliphatic heterocycles. The number of benzene rings is 2. The molecule has 0 fully saturated rings. The van der Waals surface area contributed by atoms with E-state index in [1.807, 2.05) is 30.7 Å². The van der Waals surface area contributed by atoms with Crippen LogP contribution < -0.4 is 5.32 Å². The van der Waals surface area contributed by atoms with Crippen LogP contribution in [0.4, 0.5) is 4.39 Å². The van der Waals surface area contributed by atoms with Crippen molar-refractivity contribution < 1.29 is 9.18 Å². The summed E-state index contributed by atoms with van der Waals surface area (Å²) in [5, 5.41) is 12.1. The minimum atomic E-state index is -0.286. The van der Waals surface area contributed by atoms with Crippen LogP contribution in [0.5, 0.6) is 0 Å². The van der Waals surface area contributed by atoms with E-state index in [0.717, 1.165) is 22.0 Å². The van der Waals surface area contributed by atoms with Crippen molar-refractivity contribution in [2.24, 2.45) is 7.05 Å². The molecule has 2 aromatic carbocycles. The Morgan fingerprint density at radius 3 is 2.63 bits per heavy atom. The van der Waals surface area contributed by atoms with Gasteiger partial charge in [-0.15, -0.1) is 10.2 Å². The van der Waals surface area contributed by atoms with Crippen LogP contribution in [-0.4, -0.2) is 26.4 Å². The molecule has 1 N–H and O–H groups in total. The van der Waals surface area contributed by atoms with Gasteiger partial charge in [0.05, 0.1) is 6.04 Å². The molecule has 3 aromatic rings. The van der Waals surface area contributed by atoms with Crippen LogP contribution in [0, 0.1) is 5.82 Å². The Morgan fingerprint density at radius 2 is 1.93 bits per heavy atom. The van der Waals surface area contributed by atoms with Gasteiger partial charge < -0.3 is 9.88 Å². The van der Waals surface area contributed by atoms with Crippen LogP contribution in [0.1, 0.15) is 36.1 Å². The highest BCUT2D eigenvalue weighted by Crippen LogP contribution is 2.22. The average molecular weight is 384 g/mol. The number of hydrogen-bond donors (Lipinski definition) is 1. The Kier molecular flexibility index (Phi) is 5.91. The van der Waals surface area contributed by atoms with Crippen LogP contribution in [0.2, 0.25) is 0 Å². The molecule has 0 aliphatic rings. The fourth-order valence-corrected chi connectivity index (χ4v) is 3.43. The number of nitrogens with one attached hydrogen (secondary N) is 1. The molecular weight excluding hydrogens is 363 g/mol. The highest BCUT2D eigenvalue weighted by Gasteiger charge is 2.18. The Bertz CT molecular complexity index is 939. The number of amides is 1. The molecule has 1 amide bonds. The molecule has 0 saturated carbocycles. The van der Waals surface area contributed by atoms with Crippen LogP contribution in [0.3, 0.4) is 0 Å². The van der Waals surface area contributed by atoms with Gasteiger partial charge in [0.1, 0.15) is 5.82 Å². The molecule has 0 bridgehead atoms. The lowest BCUT2D eigenvalue weighted by Gasteiger charge is -2.14. The zero-order valence-electron chi connectivity index (χ0n) is 15.4. The second-order valence-electron chi connectivity index (χ2n) is 6.12. The SMILES string of the molecule is CCSc1nnc([C@@H](C)NC(=O)c2cccc(-c3ccc(F)cc3)c2)n1C. The van der Waals surface area contributed by atoms with E-state index in [-0.39, 0.29) is 17.8 Å². The van der Waals surface area contributed by atoms with Crippen molar-refractivity contribution >= 4 is 17.7 Å². The van der Waals surface area contributed by atoms with E-state index >= 15 is 0 Å². The van der Waals surface area contributed by atoms with E-state index in [1.54, 1.807) is 36.0 Å². The van der Waals surface area contributed by atoms with Crippen LogP contribution in [0.25, 0.3) is 11.1 Å². The molecule has 0 unspecified atom stereocenters. The zero-order chi connectivity index (χ0) is 19.4. The molecule has 27 heavy (non-hydrogen) atoms. The van der Waals surface area contributed by atoms with Gasteiger partial charge in [-0.05, 0) is 48.1 Å². The maximum absolute atomic E-state index is 13.1. The first kappa shape index (κ1) is 19.1.